The summed E-state index contributed by atoms with van der Waals surface area (Å²) < 4.78 is 0. The van der Waals surface area contributed by atoms with E-state index in [0.29, 0.717) is 5.75 Å². The van der Waals surface area contributed by atoms with Crippen LogP contribution in [0.4, 0.5) is 4.79 Å². The molecule has 1 rings (SSSR count). The van der Waals surface area contributed by atoms with E-state index >= 15 is 0 Å². The number of aliphatic hydroxyl groups excluding tert-OH is 3. The van der Waals surface area contributed by atoms with Gasteiger partial charge in [0.15, 0.2) is 0 Å². The standard InChI is InChI=1S/C49H80N12O22S/c1-9-15-61(49(83)55-30(20-62)43(76)51-27(14-17-84-8)40(73)54-31(21-63)48(81)82)59-44(77)32-11-10-16-60(32)47(80)37(23(4)5)57-45(78)36(22(2)3)56-42(75)29(19-35(70)71)53-39(72)26(12-13-33(66)67)52-46(79)38(24(6)64)58-41(74)28(18-34(68)69)50-25(7)65/h22-24,26-32,36-38,62-64H,9-21H2,1-8H3,(H,50,65)(H,51,76)(H,52,79)(H,53,72)(H,54,73)(H,55,83)(H,56,75)(H,57,78)(H,58,74)(H,59,77)(H,66,67)(H,68,69)(H,70,71)(H,81,82)/t24-,26+,27+,28+,29+,30+,31+,32-,36+,37+,38+/m1/s1. The largest absolute Gasteiger partial charge is 0.481 e. The molecule has 0 saturated carbocycles. The van der Waals surface area contributed by atoms with Crippen molar-refractivity contribution in [3.8, 4) is 0 Å². The summed E-state index contributed by atoms with van der Waals surface area (Å²) in [5.74, 6) is -18.2. The molecule has 0 aromatic heterocycles. The van der Waals surface area contributed by atoms with Crippen LogP contribution in [0.1, 0.15) is 99.8 Å². The number of carbonyl (C=O) groups is 15. The third kappa shape index (κ3) is 24.9. The van der Waals surface area contributed by atoms with Gasteiger partial charge in [-0.1, -0.05) is 34.6 Å². The summed E-state index contributed by atoms with van der Waals surface area (Å²) in [4.78, 5) is 195. The van der Waals surface area contributed by atoms with Crippen LogP contribution in [0.2, 0.25) is 0 Å². The second-order valence-corrected chi connectivity index (χ2v) is 21.1. The SMILES string of the molecule is CCCN(NC(=O)[C@H]1CCCN1C(=O)[C@@H](NC(=O)[C@@H](NC(=O)[C@H](CC(=O)O)NC(=O)[C@H](CCC(=O)O)NC(=O)[C@@H](NC(=O)[C@H](CC(=O)O)NC(C)=O)[C@@H](C)O)C(C)C)C(C)C)C(=O)N[C@@H](CO)C(=O)N[C@@H](CCSC)C(=O)N[C@@H](CO)C(=O)O. The van der Waals surface area contributed by atoms with Crippen molar-refractivity contribution < 1.29 is 108 Å². The molecule has 0 aromatic carbocycles. The minimum absolute atomic E-state index is 0.0193. The lowest BCUT2D eigenvalue weighted by molar-refractivity contribution is -0.144. The fraction of sp³-hybridized carbons (Fsp3) is 0.694. The van der Waals surface area contributed by atoms with E-state index in [9.17, 15) is 108 Å². The molecule has 0 radical (unpaired) electrons. The third-order valence-electron chi connectivity index (χ3n) is 12.5. The first-order valence-corrected chi connectivity index (χ1v) is 28.0. The van der Waals surface area contributed by atoms with Crippen LogP contribution < -0.4 is 53.3 Å². The maximum atomic E-state index is 14.3. The van der Waals surface area contributed by atoms with Gasteiger partial charge in [-0.05, 0) is 62.9 Å². The first kappa shape index (κ1) is 74.1. The van der Waals surface area contributed by atoms with E-state index in [1.807, 2.05) is 0 Å². The van der Waals surface area contributed by atoms with Gasteiger partial charge < -0.3 is 88.5 Å². The molecule has 11 atom stereocenters. The van der Waals surface area contributed by atoms with Crippen molar-refractivity contribution in [2.75, 3.05) is 38.3 Å². The minimum Gasteiger partial charge on any atom is -0.481 e. The molecule has 0 bridgehead atoms. The van der Waals surface area contributed by atoms with Gasteiger partial charge in [0.05, 0.1) is 32.2 Å². The molecular weight excluding hydrogens is 1140 g/mol. The van der Waals surface area contributed by atoms with Crippen molar-refractivity contribution in [1.29, 1.82) is 0 Å². The Kier molecular flexibility index (Phi) is 32.3. The Morgan fingerprint density at radius 1 is 0.560 bits per heavy atom. The van der Waals surface area contributed by atoms with Crippen LogP contribution in [-0.4, -0.2) is 239 Å². The summed E-state index contributed by atoms with van der Waals surface area (Å²) in [5, 5.41) is 88.3. The van der Waals surface area contributed by atoms with E-state index in [1.165, 1.54) is 25.6 Å². The number of carbonyl (C=O) groups excluding carboxylic acids is 11. The second kappa shape index (κ2) is 36.6. The zero-order chi connectivity index (χ0) is 64.3. The topological polar surface area (TPSA) is 524 Å². The molecule has 474 valence electrons. The first-order chi connectivity index (χ1) is 39.2. The number of hydrogen-bond acceptors (Lipinski definition) is 19. The molecule has 34 nitrogen and oxygen atoms in total. The monoisotopic (exact) mass is 1220 g/mol. The van der Waals surface area contributed by atoms with Crippen LogP contribution in [-0.2, 0) is 67.1 Å². The molecule has 0 spiro atoms. The van der Waals surface area contributed by atoms with Crippen molar-refractivity contribution in [1.82, 2.24) is 63.2 Å². The molecule has 1 aliphatic heterocycles. The zero-order valence-corrected chi connectivity index (χ0v) is 48.6. The third-order valence-corrected chi connectivity index (χ3v) is 13.2. The highest BCUT2D eigenvalue weighted by molar-refractivity contribution is 7.98. The molecule has 12 amide bonds. The molecular formula is C49H80N12O22S. The molecule has 35 heteroatoms. The Morgan fingerprint density at radius 3 is 1.48 bits per heavy atom. The molecule has 0 aromatic rings. The highest BCUT2D eigenvalue weighted by atomic mass is 32.2. The number of urea groups is 1. The number of nitrogens with zero attached hydrogens (tertiary/aromatic N) is 2. The van der Waals surface area contributed by atoms with Crippen LogP contribution in [0, 0.1) is 11.8 Å². The summed E-state index contributed by atoms with van der Waals surface area (Å²) in [7, 11) is 0. The summed E-state index contributed by atoms with van der Waals surface area (Å²) in [6, 6.07) is -17.8. The molecule has 84 heavy (non-hydrogen) atoms. The first-order valence-electron chi connectivity index (χ1n) is 26.6. The van der Waals surface area contributed by atoms with Crippen LogP contribution in [0.25, 0.3) is 0 Å². The van der Waals surface area contributed by atoms with E-state index in [0.717, 1.165) is 23.8 Å². The Hall–Kier alpha value is -7.92. The number of hydrogen-bond donors (Lipinski definition) is 17. The lowest BCUT2D eigenvalue weighted by Crippen LogP contribution is -2.63. The number of amides is 12. The zero-order valence-electron chi connectivity index (χ0n) is 47.8. The number of aliphatic hydroxyl groups is 3. The van der Waals surface area contributed by atoms with E-state index in [2.05, 4.69) is 53.3 Å². The van der Waals surface area contributed by atoms with Gasteiger partial charge in [-0.25, -0.2) is 14.6 Å². The van der Waals surface area contributed by atoms with Crippen molar-refractivity contribution in [3.05, 3.63) is 0 Å². The number of carboxylic acid groups (broad SMARTS) is 4. The van der Waals surface area contributed by atoms with Gasteiger partial charge in [-0.2, -0.15) is 11.8 Å². The van der Waals surface area contributed by atoms with Gasteiger partial charge in [0.2, 0.25) is 53.2 Å². The van der Waals surface area contributed by atoms with Gasteiger partial charge in [0.25, 0.3) is 5.91 Å². The Balaban J connectivity index is 3.37. The van der Waals surface area contributed by atoms with Gasteiger partial charge in [0.1, 0.15) is 60.4 Å². The number of likely N-dealkylation sites (tertiary alicyclic amines) is 1. The molecule has 1 fully saturated rings. The van der Waals surface area contributed by atoms with Gasteiger partial charge >= 0.3 is 29.9 Å². The lowest BCUT2D eigenvalue weighted by atomic mass is 9.98. The lowest BCUT2D eigenvalue weighted by Gasteiger charge is -2.33. The number of nitrogens with one attached hydrogen (secondary N) is 10. The summed E-state index contributed by atoms with van der Waals surface area (Å²) in [5.41, 5.74) is 2.42. The van der Waals surface area contributed by atoms with Crippen LogP contribution in [0.3, 0.4) is 0 Å². The van der Waals surface area contributed by atoms with E-state index in [4.69, 9.17) is 0 Å². The van der Waals surface area contributed by atoms with Crippen molar-refractivity contribution in [2.45, 2.75) is 166 Å². The summed E-state index contributed by atoms with van der Waals surface area (Å²) >= 11 is 1.29. The minimum atomic E-state index is -2.05. The maximum Gasteiger partial charge on any atom is 0.336 e. The Bertz CT molecular complexity index is 2360. The highest BCUT2D eigenvalue weighted by Gasteiger charge is 2.42. The fourth-order valence-corrected chi connectivity index (χ4v) is 8.54. The molecule has 17 N–H and O–H groups in total. The molecule has 1 saturated heterocycles. The van der Waals surface area contributed by atoms with Crippen molar-refractivity contribution >= 4 is 101 Å². The summed E-state index contributed by atoms with van der Waals surface area (Å²) in [6.07, 6.45) is -3.21. The van der Waals surface area contributed by atoms with Gasteiger partial charge in [-0.15, -0.1) is 0 Å². The van der Waals surface area contributed by atoms with E-state index in [-0.39, 0.29) is 38.8 Å². The van der Waals surface area contributed by atoms with Crippen LogP contribution >= 0.6 is 11.8 Å². The predicted octanol–water partition coefficient (Wildman–Crippen LogP) is -5.97. The Morgan fingerprint density at radius 2 is 1.01 bits per heavy atom. The van der Waals surface area contributed by atoms with E-state index in [1.54, 1.807) is 27.0 Å². The van der Waals surface area contributed by atoms with Crippen molar-refractivity contribution in [3.63, 3.8) is 0 Å². The van der Waals surface area contributed by atoms with E-state index < -0.39 is 206 Å². The average Bonchev–Trinajstić information content (AvgIpc) is 3.93. The predicted molar refractivity (Wildman–Crippen MR) is 291 cm³/mol. The average molecular weight is 1220 g/mol. The Labute approximate surface area is 486 Å². The number of carboxylic acids is 4. The fourth-order valence-electron chi connectivity index (χ4n) is 8.06. The molecule has 0 aliphatic carbocycles. The van der Waals surface area contributed by atoms with Crippen LogP contribution in [0.5, 0.6) is 0 Å². The summed E-state index contributed by atoms with van der Waals surface area (Å²) in [6.45, 7) is 7.49. The molecule has 1 aliphatic rings. The maximum absolute atomic E-state index is 14.3. The quantitative estimate of drug-likeness (QED) is 0.0260. The molecule has 1 heterocycles. The van der Waals surface area contributed by atoms with Gasteiger partial charge in [-0.3, -0.25) is 67.8 Å². The highest BCUT2D eigenvalue weighted by Crippen LogP contribution is 2.21. The normalized spacial score (nSPS) is 16.4. The van der Waals surface area contributed by atoms with Gasteiger partial charge in [0, 0.05) is 26.4 Å². The molecule has 0 unspecified atom stereocenters. The number of aliphatic carboxylic acids is 4. The number of rotatable bonds is 36. The van der Waals surface area contributed by atoms with Crippen LogP contribution in [0.15, 0.2) is 0 Å². The second-order valence-electron chi connectivity index (χ2n) is 20.1. The number of hydrazine groups is 1. The number of thioether (sulfide) groups is 1. The smallest absolute Gasteiger partial charge is 0.336 e. The van der Waals surface area contributed by atoms with Crippen molar-refractivity contribution in [2.24, 2.45) is 11.8 Å².